The number of hydrogen-bond acceptors (Lipinski definition) is 2. The van der Waals surface area contributed by atoms with E-state index >= 15 is 0 Å². The number of benzene rings is 2. The van der Waals surface area contributed by atoms with E-state index in [0.29, 0.717) is 13.1 Å². The molecule has 0 spiro atoms. The third-order valence-corrected chi connectivity index (χ3v) is 4.86. The average molecular weight is 340 g/mol. The SMILES string of the molecule is Cc1cccc(CNC(=O)C2CCN(Cc3ccccc3F)CC2)c1. The molecule has 3 rings (SSSR count). The van der Waals surface area contributed by atoms with Crippen molar-refractivity contribution in [2.24, 2.45) is 5.92 Å². The molecule has 2 aromatic rings. The number of piperidine rings is 1. The summed E-state index contributed by atoms with van der Waals surface area (Å²) in [7, 11) is 0. The normalized spacial score (nSPS) is 15.9. The minimum Gasteiger partial charge on any atom is -0.352 e. The average Bonchev–Trinajstić information content (AvgIpc) is 2.62. The van der Waals surface area contributed by atoms with Crippen LogP contribution in [-0.2, 0) is 17.9 Å². The molecule has 0 aliphatic carbocycles. The van der Waals surface area contributed by atoms with Crippen LogP contribution in [0.1, 0.15) is 29.5 Å². The number of amides is 1. The second kappa shape index (κ2) is 8.26. The second-order valence-electron chi connectivity index (χ2n) is 6.85. The molecule has 1 N–H and O–H groups in total. The van der Waals surface area contributed by atoms with E-state index in [2.05, 4.69) is 29.3 Å². The van der Waals surface area contributed by atoms with E-state index in [9.17, 15) is 9.18 Å². The number of rotatable bonds is 5. The molecule has 1 heterocycles. The van der Waals surface area contributed by atoms with Crippen LogP contribution in [0.2, 0.25) is 0 Å². The van der Waals surface area contributed by atoms with E-state index in [1.54, 1.807) is 6.07 Å². The predicted molar refractivity (Wildman–Crippen MR) is 97.4 cm³/mol. The molecule has 3 nitrogen and oxygen atoms in total. The predicted octanol–water partition coefficient (Wildman–Crippen LogP) is 3.66. The molecule has 0 bridgehead atoms. The summed E-state index contributed by atoms with van der Waals surface area (Å²) in [5.41, 5.74) is 3.06. The molecular weight excluding hydrogens is 315 g/mol. The highest BCUT2D eigenvalue weighted by molar-refractivity contribution is 5.78. The zero-order valence-electron chi connectivity index (χ0n) is 14.7. The maximum absolute atomic E-state index is 13.7. The molecule has 1 amide bonds. The van der Waals surface area contributed by atoms with Crippen LogP contribution in [0.15, 0.2) is 48.5 Å². The molecule has 1 aliphatic heterocycles. The largest absolute Gasteiger partial charge is 0.352 e. The summed E-state index contributed by atoms with van der Waals surface area (Å²) in [5, 5.41) is 3.05. The zero-order valence-corrected chi connectivity index (χ0v) is 14.7. The zero-order chi connectivity index (χ0) is 17.6. The molecule has 1 saturated heterocycles. The lowest BCUT2D eigenvalue weighted by Crippen LogP contribution is -2.40. The van der Waals surface area contributed by atoms with Crippen LogP contribution in [0.3, 0.4) is 0 Å². The maximum Gasteiger partial charge on any atom is 0.223 e. The molecule has 0 unspecified atom stereocenters. The highest BCUT2D eigenvalue weighted by Gasteiger charge is 2.25. The first-order valence-electron chi connectivity index (χ1n) is 8.91. The van der Waals surface area contributed by atoms with Crippen LogP contribution in [0.25, 0.3) is 0 Å². The number of carbonyl (C=O) groups is 1. The van der Waals surface area contributed by atoms with Gasteiger partial charge in [-0.3, -0.25) is 9.69 Å². The molecule has 2 aromatic carbocycles. The summed E-state index contributed by atoms with van der Waals surface area (Å²) >= 11 is 0. The molecule has 0 aromatic heterocycles. The van der Waals surface area contributed by atoms with Gasteiger partial charge in [-0.1, -0.05) is 48.0 Å². The van der Waals surface area contributed by atoms with Crippen LogP contribution >= 0.6 is 0 Å². The van der Waals surface area contributed by atoms with Crippen molar-refractivity contribution in [3.8, 4) is 0 Å². The molecule has 0 radical (unpaired) electrons. The van der Waals surface area contributed by atoms with Gasteiger partial charge in [0.1, 0.15) is 5.82 Å². The van der Waals surface area contributed by atoms with Crippen molar-refractivity contribution in [1.82, 2.24) is 10.2 Å². The molecule has 132 valence electrons. The smallest absolute Gasteiger partial charge is 0.223 e. The summed E-state index contributed by atoms with van der Waals surface area (Å²) in [4.78, 5) is 14.6. The van der Waals surface area contributed by atoms with Crippen molar-refractivity contribution >= 4 is 5.91 Å². The minimum absolute atomic E-state index is 0.0571. The lowest BCUT2D eigenvalue weighted by atomic mass is 9.95. The molecule has 0 atom stereocenters. The summed E-state index contributed by atoms with van der Waals surface area (Å²) in [5.74, 6) is 0.0363. The fourth-order valence-corrected chi connectivity index (χ4v) is 3.38. The summed E-state index contributed by atoms with van der Waals surface area (Å²) < 4.78 is 13.7. The lowest BCUT2D eigenvalue weighted by molar-refractivity contribution is -0.126. The summed E-state index contributed by atoms with van der Waals surface area (Å²) in [6.07, 6.45) is 1.65. The fraction of sp³-hybridized carbons (Fsp3) is 0.381. The van der Waals surface area contributed by atoms with Crippen LogP contribution in [0, 0.1) is 18.7 Å². The summed E-state index contributed by atoms with van der Waals surface area (Å²) in [6, 6.07) is 15.1. The number of hydrogen-bond donors (Lipinski definition) is 1. The second-order valence-corrected chi connectivity index (χ2v) is 6.85. The van der Waals surface area contributed by atoms with Gasteiger partial charge in [-0.05, 0) is 44.5 Å². The quantitative estimate of drug-likeness (QED) is 0.901. The molecule has 4 heteroatoms. The molecule has 25 heavy (non-hydrogen) atoms. The van der Waals surface area contributed by atoms with Crippen molar-refractivity contribution in [3.63, 3.8) is 0 Å². The number of nitrogens with zero attached hydrogens (tertiary/aromatic N) is 1. The van der Waals surface area contributed by atoms with Gasteiger partial charge in [-0.2, -0.15) is 0 Å². The fourth-order valence-electron chi connectivity index (χ4n) is 3.38. The number of aryl methyl sites for hydroxylation is 1. The van der Waals surface area contributed by atoms with Crippen LogP contribution in [0.4, 0.5) is 4.39 Å². The Morgan fingerprint density at radius 1 is 1.16 bits per heavy atom. The standard InChI is InChI=1S/C21H25FN2O/c1-16-5-4-6-17(13-16)14-23-21(25)18-9-11-24(12-10-18)15-19-7-2-3-8-20(19)22/h2-8,13,18H,9-12,14-15H2,1H3,(H,23,25). The number of likely N-dealkylation sites (tertiary alicyclic amines) is 1. The number of carbonyl (C=O) groups excluding carboxylic acids is 1. The Labute approximate surface area is 148 Å². The Hall–Kier alpha value is -2.20. The van der Waals surface area contributed by atoms with Crippen molar-refractivity contribution in [2.45, 2.75) is 32.9 Å². The monoisotopic (exact) mass is 340 g/mol. The van der Waals surface area contributed by atoms with Crippen molar-refractivity contribution < 1.29 is 9.18 Å². The lowest BCUT2D eigenvalue weighted by Gasteiger charge is -2.31. The third kappa shape index (κ3) is 4.89. The number of nitrogens with one attached hydrogen (secondary N) is 1. The van der Waals surface area contributed by atoms with Gasteiger partial charge in [0.05, 0.1) is 0 Å². The van der Waals surface area contributed by atoms with Gasteiger partial charge in [0, 0.05) is 24.6 Å². The van der Waals surface area contributed by atoms with Crippen LogP contribution in [-0.4, -0.2) is 23.9 Å². The molecule has 1 aliphatic rings. The topological polar surface area (TPSA) is 32.3 Å². The molecule has 1 fully saturated rings. The van der Waals surface area contributed by atoms with E-state index in [1.165, 1.54) is 11.6 Å². The van der Waals surface area contributed by atoms with Crippen molar-refractivity contribution in [3.05, 3.63) is 71.0 Å². The van der Waals surface area contributed by atoms with Crippen molar-refractivity contribution in [2.75, 3.05) is 13.1 Å². The van der Waals surface area contributed by atoms with E-state index in [4.69, 9.17) is 0 Å². The van der Waals surface area contributed by atoms with Crippen LogP contribution in [0.5, 0.6) is 0 Å². The first-order chi connectivity index (χ1) is 12.1. The highest BCUT2D eigenvalue weighted by atomic mass is 19.1. The van der Waals surface area contributed by atoms with Gasteiger partial charge in [0.15, 0.2) is 0 Å². The Kier molecular flexibility index (Phi) is 5.82. The van der Waals surface area contributed by atoms with Crippen molar-refractivity contribution in [1.29, 1.82) is 0 Å². The van der Waals surface area contributed by atoms with E-state index in [1.807, 2.05) is 24.3 Å². The molecule has 0 saturated carbocycles. The minimum atomic E-state index is -0.152. The Morgan fingerprint density at radius 3 is 2.64 bits per heavy atom. The Balaban J connectivity index is 1.45. The third-order valence-electron chi connectivity index (χ3n) is 4.86. The highest BCUT2D eigenvalue weighted by Crippen LogP contribution is 2.20. The van der Waals surface area contributed by atoms with E-state index in [0.717, 1.165) is 37.1 Å². The van der Waals surface area contributed by atoms with Gasteiger partial charge < -0.3 is 5.32 Å². The molecular formula is C21H25FN2O. The van der Waals surface area contributed by atoms with Gasteiger partial charge >= 0.3 is 0 Å². The number of halogens is 1. The van der Waals surface area contributed by atoms with Gasteiger partial charge in [-0.25, -0.2) is 4.39 Å². The van der Waals surface area contributed by atoms with Gasteiger partial charge in [-0.15, -0.1) is 0 Å². The first kappa shape index (κ1) is 17.6. The van der Waals surface area contributed by atoms with Gasteiger partial charge in [0.25, 0.3) is 0 Å². The summed E-state index contributed by atoms with van der Waals surface area (Å²) in [6.45, 7) is 4.91. The maximum atomic E-state index is 13.7. The Bertz CT molecular complexity index is 723. The Morgan fingerprint density at radius 2 is 1.92 bits per heavy atom. The van der Waals surface area contributed by atoms with E-state index < -0.39 is 0 Å². The van der Waals surface area contributed by atoms with Crippen LogP contribution < -0.4 is 5.32 Å². The van der Waals surface area contributed by atoms with E-state index in [-0.39, 0.29) is 17.6 Å². The first-order valence-corrected chi connectivity index (χ1v) is 8.91. The van der Waals surface area contributed by atoms with Gasteiger partial charge in [0.2, 0.25) is 5.91 Å².